The molecule has 2 N–H and O–H groups in total. The largest absolute Gasteiger partial charge is 0.434 e. The van der Waals surface area contributed by atoms with Crippen molar-refractivity contribution in [3.05, 3.63) is 29.9 Å². The van der Waals surface area contributed by atoms with Crippen molar-refractivity contribution in [2.24, 2.45) is 16.7 Å². The van der Waals surface area contributed by atoms with Crippen molar-refractivity contribution in [3.8, 4) is 0 Å². The number of urea groups is 1. The van der Waals surface area contributed by atoms with Crippen molar-refractivity contribution in [2.45, 2.75) is 62.8 Å². The average Bonchev–Trinajstić information content (AvgIpc) is 3.10. The van der Waals surface area contributed by atoms with Crippen LogP contribution < -0.4 is 0 Å². The fourth-order valence-electron chi connectivity index (χ4n) is 6.84. The predicted octanol–water partition coefficient (Wildman–Crippen LogP) is 2.71. The second-order valence-corrected chi connectivity index (χ2v) is 11.8. The fraction of sp³-hybridized carbons (Fsp3) is 0.739. The number of nitrogens with one attached hydrogen (secondary N) is 1. The van der Waals surface area contributed by atoms with Crippen LogP contribution in [0, 0.1) is 16.7 Å². The van der Waals surface area contributed by atoms with Crippen molar-refractivity contribution >= 4 is 6.03 Å². The monoisotopic (exact) mass is 491 g/mol. The zero-order chi connectivity index (χ0) is 24.2. The third kappa shape index (κ3) is 3.47. The Hall–Kier alpha value is -2.63. The first-order chi connectivity index (χ1) is 16.5. The zero-order valence-corrected chi connectivity index (χ0v) is 19.3. The van der Waals surface area contributed by atoms with E-state index in [1.807, 2.05) is 14.5 Å². The molecule has 2 aliphatic heterocycles. The topological polar surface area (TPSA) is 103 Å². The van der Waals surface area contributed by atoms with Gasteiger partial charge in [0, 0.05) is 49.6 Å². The molecule has 12 heteroatoms. The van der Waals surface area contributed by atoms with Gasteiger partial charge in [0.25, 0.3) is 0 Å². The molecule has 0 bridgehead atoms. The Morgan fingerprint density at radius 3 is 2.29 bits per heavy atom. The van der Waals surface area contributed by atoms with E-state index in [2.05, 4.69) is 20.1 Å². The van der Waals surface area contributed by atoms with Crippen LogP contribution in [0.3, 0.4) is 0 Å². The van der Waals surface area contributed by atoms with Gasteiger partial charge in [0.05, 0.1) is 6.04 Å². The molecule has 188 valence electrons. The summed E-state index contributed by atoms with van der Waals surface area (Å²) in [6.45, 7) is 3.04. The van der Waals surface area contributed by atoms with Crippen molar-refractivity contribution in [1.82, 2.24) is 34.5 Å². The molecule has 0 unspecified atom stereocenters. The lowest BCUT2D eigenvalue weighted by atomic mass is 9.57. The second-order valence-electron chi connectivity index (χ2n) is 11.8. The van der Waals surface area contributed by atoms with Gasteiger partial charge in [0.2, 0.25) is 0 Å². The van der Waals surface area contributed by atoms with Crippen molar-refractivity contribution in [2.75, 3.05) is 26.2 Å². The van der Waals surface area contributed by atoms with Crippen LogP contribution in [-0.4, -0.2) is 71.8 Å². The highest BCUT2D eigenvalue weighted by Gasteiger charge is 2.59. The molecule has 3 saturated carbocycles. The van der Waals surface area contributed by atoms with Crippen LogP contribution in [0.25, 0.3) is 0 Å². The molecule has 2 aromatic heterocycles. The number of aromatic nitrogens is 5. The van der Waals surface area contributed by atoms with Gasteiger partial charge in [-0.2, -0.15) is 18.3 Å². The lowest BCUT2D eigenvalue weighted by molar-refractivity contribution is -0.141. The molecule has 4 heterocycles. The van der Waals surface area contributed by atoms with E-state index in [-0.39, 0.29) is 22.9 Å². The number of halogens is 3. The number of aliphatic hydroxyl groups is 1. The summed E-state index contributed by atoms with van der Waals surface area (Å²) in [5.74, 6) is 1.24. The number of aromatic amines is 1. The minimum Gasteiger partial charge on any atom is -0.382 e. The molecule has 7 rings (SSSR count). The average molecular weight is 492 g/mol. The van der Waals surface area contributed by atoms with Gasteiger partial charge in [-0.1, -0.05) is 0 Å². The summed E-state index contributed by atoms with van der Waals surface area (Å²) in [7, 11) is 0. The molecule has 0 atom stereocenters. The Morgan fingerprint density at radius 2 is 1.71 bits per heavy atom. The van der Waals surface area contributed by atoms with E-state index in [4.69, 9.17) is 0 Å². The molecule has 2 amide bonds. The Morgan fingerprint density at radius 1 is 1.09 bits per heavy atom. The molecule has 5 fully saturated rings. The van der Waals surface area contributed by atoms with Gasteiger partial charge in [-0.05, 0) is 44.4 Å². The predicted molar refractivity (Wildman–Crippen MR) is 115 cm³/mol. The summed E-state index contributed by atoms with van der Waals surface area (Å²) in [6.07, 6.45) is 4.03. The summed E-state index contributed by atoms with van der Waals surface area (Å²) in [4.78, 5) is 27.3. The lowest BCUT2D eigenvalue weighted by Crippen LogP contribution is -2.71. The molecule has 5 aliphatic rings. The van der Waals surface area contributed by atoms with Crippen LogP contribution in [0.1, 0.15) is 61.9 Å². The summed E-state index contributed by atoms with van der Waals surface area (Å²) < 4.78 is 40.0. The highest BCUT2D eigenvalue weighted by molar-refractivity contribution is 5.77. The normalized spacial score (nSPS) is 26.3. The molecule has 0 aromatic carbocycles. The van der Waals surface area contributed by atoms with Gasteiger partial charge in [-0.15, -0.1) is 0 Å². The number of imidazole rings is 1. The Labute approximate surface area is 199 Å². The third-order valence-corrected chi connectivity index (χ3v) is 8.85. The number of carbonyl (C=O) groups excluding carboxylic acids is 1. The van der Waals surface area contributed by atoms with E-state index in [0.717, 1.165) is 70.9 Å². The summed E-state index contributed by atoms with van der Waals surface area (Å²) in [5.41, 5.74) is -1.35. The van der Waals surface area contributed by atoms with Gasteiger partial charge in [0.15, 0.2) is 11.5 Å². The van der Waals surface area contributed by atoms with Crippen LogP contribution in [0.5, 0.6) is 0 Å². The minimum atomic E-state index is -4.42. The molecular weight excluding hydrogens is 463 g/mol. The zero-order valence-electron chi connectivity index (χ0n) is 19.3. The lowest BCUT2D eigenvalue weighted by Gasteiger charge is -2.63. The molecule has 0 radical (unpaired) electrons. The van der Waals surface area contributed by atoms with Gasteiger partial charge in [-0.3, -0.25) is 0 Å². The van der Waals surface area contributed by atoms with Gasteiger partial charge >= 0.3 is 12.2 Å². The second kappa shape index (κ2) is 6.77. The highest BCUT2D eigenvalue weighted by Crippen LogP contribution is 2.56. The molecule has 3 aliphatic carbocycles. The number of likely N-dealkylation sites (tertiary alicyclic amines) is 2. The van der Waals surface area contributed by atoms with E-state index in [9.17, 15) is 23.1 Å². The van der Waals surface area contributed by atoms with Crippen LogP contribution in [0.2, 0.25) is 0 Å². The van der Waals surface area contributed by atoms with Gasteiger partial charge in [-0.25, -0.2) is 19.4 Å². The number of H-pyrrole nitrogens is 1. The number of rotatable bonds is 4. The number of hydrogen-bond donors (Lipinski definition) is 2. The Balaban J connectivity index is 0.845. The fourth-order valence-corrected chi connectivity index (χ4v) is 6.84. The molecule has 2 saturated heterocycles. The van der Waals surface area contributed by atoms with Gasteiger partial charge < -0.3 is 19.9 Å². The third-order valence-electron chi connectivity index (χ3n) is 8.85. The SMILES string of the molecule is O=C(N1CC2(CC(Cc3nc(C(F)(F)F)c[nH]3)C2)C1)N1CC2(CC(n3cnc(C4(O)CC4)n3)C2)C1. The van der Waals surface area contributed by atoms with Gasteiger partial charge in [0.1, 0.15) is 17.8 Å². The Kier molecular flexibility index (Phi) is 4.19. The van der Waals surface area contributed by atoms with E-state index in [0.29, 0.717) is 24.0 Å². The molecule has 9 nitrogen and oxygen atoms in total. The first kappa shape index (κ1) is 21.6. The summed E-state index contributed by atoms with van der Waals surface area (Å²) in [6, 6.07) is 0.393. The minimum absolute atomic E-state index is 0.105. The first-order valence-electron chi connectivity index (χ1n) is 12.3. The van der Waals surface area contributed by atoms with Crippen molar-refractivity contribution in [1.29, 1.82) is 0 Å². The van der Waals surface area contributed by atoms with E-state index in [1.165, 1.54) is 0 Å². The quantitative estimate of drug-likeness (QED) is 0.685. The number of alkyl halides is 3. The standard InChI is InChI=1S/C23H28F3N7O2/c24-23(25,26)16-8-27-17(29-16)3-14-4-20(5-14)9-31(10-20)19(34)32-11-21(12-32)6-15(7-21)33-13-28-18(30-33)22(35)1-2-22/h8,13-15,35H,1-7,9-12H2,(H,27,29). The van der Waals surface area contributed by atoms with E-state index >= 15 is 0 Å². The summed E-state index contributed by atoms with van der Waals surface area (Å²) >= 11 is 0. The number of nitrogens with zero attached hydrogens (tertiary/aromatic N) is 6. The van der Waals surface area contributed by atoms with Crippen LogP contribution >= 0.6 is 0 Å². The number of hydrogen-bond acceptors (Lipinski definition) is 5. The smallest absolute Gasteiger partial charge is 0.382 e. The molecule has 2 spiro atoms. The molecule has 35 heavy (non-hydrogen) atoms. The van der Waals surface area contributed by atoms with Crippen LogP contribution in [-0.2, 0) is 18.2 Å². The molecular formula is C23H28F3N7O2. The summed E-state index contributed by atoms with van der Waals surface area (Å²) in [5, 5.41) is 14.6. The van der Waals surface area contributed by atoms with Crippen molar-refractivity contribution < 1.29 is 23.1 Å². The maximum atomic E-state index is 12.9. The maximum absolute atomic E-state index is 12.9. The van der Waals surface area contributed by atoms with Crippen LogP contribution in [0.4, 0.5) is 18.0 Å². The number of carbonyl (C=O) groups is 1. The Bertz CT molecular complexity index is 1160. The van der Waals surface area contributed by atoms with Crippen molar-refractivity contribution in [3.63, 3.8) is 0 Å². The number of amides is 2. The van der Waals surface area contributed by atoms with Crippen LogP contribution in [0.15, 0.2) is 12.5 Å². The van der Waals surface area contributed by atoms with E-state index < -0.39 is 17.5 Å². The first-order valence-corrected chi connectivity index (χ1v) is 12.3. The highest BCUT2D eigenvalue weighted by atomic mass is 19.4. The molecule has 2 aromatic rings. The van der Waals surface area contributed by atoms with E-state index in [1.54, 1.807) is 6.33 Å². The maximum Gasteiger partial charge on any atom is 0.434 e.